The van der Waals surface area contributed by atoms with Gasteiger partial charge in [-0.15, -0.1) is 0 Å². The van der Waals surface area contributed by atoms with E-state index in [2.05, 4.69) is 24.4 Å². The molecule has 122 valence electrons. The molecule has 0 aliphatic carbocycles. The van der Waals surface area contributed by atoms with E-state index in [1.54, 1.807) is 4.90 Å². The number of nitrogens with one attached hydrogen (secondary N) is 1. The van der Waals surface area contributed by atoms with Crippen LogP contribution in [0.1, 0.15) is 37.5 Å². The van der Waals surface area contributed by atoms with Crippen molar-refractivity contribution in [2.45, 2.75) is 40.3 Å². The van der Waals surface area contributed by atoms with E-state index in [1.807, 2.05) is 13.8 Å². The first-order valence-electron chi connectivity index (χ1n) is 8.09. The Morgan fingerprint density at radius 1 is 1.23 bits per heavy atom. The van der Waals surface area contributed by atoms with E-state index >= 15 is 0 Å². The van der Waals surface area contributed by atoms with Gasteiger partial charge >= 0.3 is 6.09 Å². The van der Waals surface area contributed by atoms with Crippen LogP contribution in [0.2, 0.25) is 0 Å². The number of hydrogen-bond donors (Lipinski definition) is 1. The van der Waals surface area contributed by atoms with Crippen LogP contribution in [0.5, 0.6) is 5.75 Å². The van der Waals surface area contributed by atoms with Crippen molar-refractivity contribution in [2.75, 3.05) is 26.3 Å². The Kier molecular flexibility index (Phi) is 6.07. The van der Waals surface area contributed by atoms with Crippen LogP contribution < -0.4 is 10.1 Å². The first-order chi connectivity index (χ1) is 10.7. The van der Waals surface area contributed by atoms with Gasteiger partial charge in [-0.25, -0.2) is 4.79 Å². The number of rotatable bonds is 6. The molecule has 22 heavy (non-hydrogen) atoms. The molecule has 0 radical (unpaired) electrons. The second-order valence-electron chi connectivity index (χ2n) is 5.31. The molecule has 0 fully saturated rings. The molecule has 5 nitrogen and oxygen atoms in total. The Hall–Kier alpha value is -1.75. The Morgan fingerprint density at radius 2 is 2.05 bits per heavy atom. The molecule has 2 rings (SSSR count). The molecular formula is C17H26N2O3. The van der Waals surface area contributed by atoms with Gasteiger partial charge in [0.25, 0.3) is 0 Å². The van der Waals surface area contributed by atoms with Gasteiger partial charge in [-0.2, -0.15) is 0 Å². The second kappa shape index (κ2) is 8.03. The van der Waals surface area contributed by atoms with Crippen LogP contribution in [0.4, 0.5) is 4.79 Å². The SMILES string of the molecule is CCNCc1cc2c(cc1OCC)CN(C(=O)OCC)CC2. The first-order valence-corrected chi connectivity index (χ1v) is 8.09. The summed E-state index contributed by atoms with van der Waals surface area (Å²) in [7, 11) is 0. The number of nitrogens with zero attached hydrogens (tertiary/aromatic N) is 1. The molecule has 1 amide bonds. The van der Waals surface area contributed by atoms with E-state index in [1.165, 1.54) is 11.1 Å². The predicted octanol–water partition coefficient (Wildman–Crippen LogP) is 2.71. The van der Waals surface area contributed by atoms with Gasteiger partial charge in [0.1, 0.15) is 5.75 Å². The van der Waals surface area contributed by atoms with Crippen molar-refractivity contribution in [2.24, 2.45) is 0 Å². The van der Waals surface area contributed by atoms with Crippen molar-refractivity contribution in [1.29, 1.82) is 0 Å². The third-order valence-corrected chi connectivity index (χ3v) is 3.79. The van der Waals surface area contributed by atoms with Crippen molar-refractivity contribution in [3.8, 4) is 5.75 Å². The molecule has 0 saturated heterocycles. The largest absolute Gasteiger partial charge is 0.494 e. The number of amides is 1. The minimum Gasteiger partial charge on any atom is -0.494 e. The maximum Gasteiger partial charge on any atom is 0.410 e. The third kappa shape index (κ3) is 3.91. The topological polar surface area (TPSA) is 50.8 Å². The quantitative estimate of drug-likeness (QED) is 0.878. The Bertz CT molecular complexity index is 517. The third-order valence-electron chi connectivity index (χ3n) is 3.79. The van der Waals surface area contributed by atoms with Crippen LogP contribution in [0.25, 0.3) is 0 Å². The molecule has 1 aliphatic rings. The van der Waals surface area contributed by atoms with Gasteiger partial charge in [-0.1, -0.05) is 13.0 Å². The molecule has 0 saturated carbocycles. The molecule has 0 unspecified atom stereocenters. The van der Waals surface area contributed by atoms with E-state index in [4.69, 9.17) is 9.47 Å². The number of carbonyl (C=O) groups excluding carboxylic acids is 1. The zero-order valence-corrected chi connectivity index (χ0v) is 13.8. The Labute approximate surface area is 132 Å². The summed E-state index contributed by atoms with van der Waals surface area (Å²) < 4.78 is 10.9. The molecule has 1 aromatic rings. The van der Waals surface area contributed by atoms with Crippen LogP contribution >= 0.6 is 0 Å². The van der Waals surface area contributed by atoms with Crippen molar-refractivity contribution >= 4 is 6.09 Å². The molecule has 5 heteroatoms. The monoisotopic (exact) mass is 306 g/mol. The van der Waals surface area contributed by atoms with Gasteiger partial charge in [0, 0.05) is 25.2 Å². The first kappa shape index (κ1) is 16.6. The lowest BCUT2D eigenvalue weighted by Crippen LogP contribution is -2.36. The van der Waals surface area contributed by atoms with Gasteiger partial charge in [-0.3, -0.25) is 0 Å². The van der Waals surface area contributed by atoms with Crippen LogP contribution in [-0.4, -0.2) is 37.3 Å². The lowest BCUT2D eigenvalue weighted by atomic mass is 9.96. The van der Waals surface area contributed by atoms with Crippen LogP contribution in [0.3, 0.4) is 0 Å². The van der Waals surface area contributed by atoms with E-state index < -0.39 is 0 Å². The highest BCUT2D eigenvalue weighted by Crippen LogP contribution is 2.28. The minimum absolute atomic E-state index is 0.233. The number of hydrogen-bond acceptors (Lipinski definition) is 4. The van der Waals surface area contributed by atoms with E-state index in [9.17, 15) is 4.79 Å². The summed E-state index contributed by atoms with van der Waals surface area (Å²) in [5.41, 5.74) is 3.65. The highest BCUT2D eigenvalue weighted by molar-refractivity contribution is 5.68. The molecule has 1 heterocycles. The van der Waals surface area contributed by atoms with Gasteiger partial charge < -0.3 is 19.7 Å². The fourth-order valence-electron chi connectivity index (χ4n) is 2.70. The smallest absolute Gasteiger partial charge is 0.410 e. The zero-order chi connectivity index (χ0) is 15.9. The molecule has 0 spiro atoms. The van der Waals surface area contributed by atoms with Crippen molar-refractivity contribution in [3.63, 3.8) is 0 Å². The fraction of sp³-hybridized carbons (Fsp3) is 0.588. The van der Waals surface area contributed by atoms with Crippen molar-refractivity contribution < 1.29 is 14.3 Å². The highest BCUT2D eigenvalue weighted by Gasteiger charge is 2.23. The summed E-state index contributed by atoms with van der Waals surface area (Å²) in [6.45, 7) is 10.00. The number of fused-ring (bicyclic) bond motifs is 1. The number of ether oxygens (including phenoxy) is 2. The van der Waals surface area contributed by atoms with Gasteiger partial charge in [0.15, 0.2) is 0 Å². The standard InChI is InChI=1S/C17H26N2O3/c1-4-18-11-14-9-13-7-8-19(17(20)22-6-3)12-15(13)10-16(14)21-5-2/h9-10,18H,4-8,11-12H2,1-3H3. The predicted molar refractivity (Wildman–Crippen MR) is 86.1 cm³/mol. The van der Waals surface area contributed by atoms with Crippen molar-refractivity contribution in [1.82, 2.24) is 10.2 Å². The molecule has 0 bridgehead atoms. The molecule has 1 aromatic carbocycles. The van der Waals surface area contributed by atoms with Crippen LogP contribution in [0.15, 0.2) is 12.1 Å². The summed E-state index contributed by atoms with van der Waals surface area (Å²) in [5, 5.41) is 3.35. The van der Waals surface area contributed by atoms with Gasteiger partial charge in [-0.05, 0) is 44.0 Å². The Balaban J connectivity index is 2.20. The number of carbonyl (C=O) groups is 1. The second-order valence-corrected chi connectivity index (χ2v) is 5.31. The van der Waals surface area contributed by atoms with Crippen LogP contribution in [0, 0.1) is 0 Å². The lowest BCUT2D eigenvalue weighted by Gasteiger charge is -2.29. The van der Waals surface area contributed by atoms with E-state index in [-0.39, 0.29) is 6.09 Å². The van der Waals surface area contributed by atoms with Crippen LogP contribution in [-0.2, 0) is 24.2 Å². The zero-order valence-electron chi connectivity index (χ0n) is 13.8. The molecule has 0 aromatic heterocycles. The fourth-order valence-corrected chi connectivity index (χ4v) is 2.70. The van der Waals surface area contributed by atoms with E-state index in [0.717, 1.165) is 30.8 Å². The summed E-state index contributed by atoms with van der Waals surface area (Å²) in [6, 6.07) is 4.29. The highest BCUT2D eigenvalue weighted by atomic mass is 16.6. The van der Waals surface area contributed by atoms with E-state index in [0.29, 0.717) is 26.3 Å². The molecular weight excluding hydrogens is 280 g/mol. The summed E-state index contributed by atoms with van der Waals surface area (Å²) in [5.74, 6) is 0.910. The average molecular weight is 306 g/mol. The lowest BCUT2D eigenvalue weighted by molar-refractivity contribution is 0.102. The van der Waals surface area contributed by atoms with Gasteiger partial charge in [0.2, 0.25) is 0 Å². The number of benzene rings is 1. The van der Waals surface area contributed by atoms with Gasteiger partial charge in [0.05, 0.1) is 13.2 Å². The summed E-state index contributed by atoms with van der Waals surface area (Å²) in [4.78, 5) is 13.6. The normalized spacial score (nSPS) is 13.7. The molecule has 1 N–H and O–H groups in total. The average Bonchev–Trinajstić information content (AvgIpc) is 2.53. The molecule has 1 aliphatic heterocycles. The Morgan fingerprint density at radius 3 is 2.73 bits per heavy atom. The maximum absolute atomic E-state index is 11.9. The summed E-state index contributed by atoms with van der Waals surface area (Å²) >= 11 is 0. The van der Waals surface area contributed by atoms with Crippen molar-refractivity contribution in [3.05, 3.63) is 28.8 Å². The molecule has 0 atom stereocenters. The maximum atomic E-state index is 11.9. The summed E-state index contributed by atoms with van der Waals surface area (Å²) in [6.07, 6.45) is 0.627. The minimum atomic E-state index is -0.233.